The summed E-state index contributed by atoms with van der Waals surface area (Å²) in [5, 5.41) is 12.7. The number of pyridine rings is 1. The number of amides is 1. The van der Waals surface area contributed by atoms with Gasteiger partial charge in [0.25, 0.3) is 0 Å². The summed E-state index contributed by atoms with van der Waals surface area (Å²) in [4.78, 5) is 16.5. The molecule has 1 saturated carbocycles. The van der Waals surface area contributed by atoms with E-state index in [2.05, 4.69) is 25.1 Å². The third-order valence-corrected chi connectivity index (χ3v) is 6.15. The van der Waals surface area contributed by atoms with E-state index in [1.807, 2.05) is 42.5 Å². The standard InChI is InChI=1S/C22H25N5OS/c28-20(24-15-17-7-3-1-4-8-17)16-29-22-26-25-21(18-11-13-23-14-12-18)27(22)19-9-5-2-6-10-19/h1,3-4,7-8,11-14,19H,2,5-6,9-10,15-16H2,(H,24,28). The van der Waals surface area contributed by atoms with Crippen molar-refractivity contribution in [2.75, 3.05) is 5.75 Å². The lowest BCUT2D eigenvalue weighted by atomic mass is 9.95. The largest absolute Gasteiger partial charge is 0.351 e. The molecule has 2 heterocycles. The van der Waals surface area contributed by atoms with E-state index in [9.17, 15) is 4.79 Å². The van der Waals surface area contributed by atoms with Crippen LogP contribution in [0.3, 0.4) is 0 Å². The number of carbonyl (C=O) groups is 1. The SMILES string of the molecule is O=C(CSc1nnc(-c2ccncc2)n1C1CCCCC1)NCc1ccccc1. The molecule has 0 spiro atoms. The van der Waals surface area contributed by atoms with E-state index in [-0.39, 0.29) is 5.91 Å². The molecule has 1 aromatic carbocycles. The van der Waals surface area contributed by atoms with Gasteiger partial charge >= 0.3 is 0 Å². The smallest absolute Gasteiger partial charge is 0.230 e. The van der Waals surface area contributed by atoms with Crippen LogP contribution in [0.15, 0.2) is 60.0 Å². The van der Waals surface area contributed by atoms with Gasteiger partial charge < -0.3 is 5.32 Å². The minimum Gasteiger partial charge on any atom is -0.351 e. The third kappa shape index (κ3) is 5.03. The van der Waals surface area contributed by atoms with Gasteiger partial charge in [0.15, 0.2) is 11.0 Å². The summed E-state index contributed by atoms with van der Waals surface area (Å²) in [7, 11) is 0. The number of hydrogen-bond acceptors (Lipinski definition) is 5. The predicted octanol–water partition coefficient (Wildman–Crippen LogP) is 4.25. The van der Waals surface area contributed by atoms with Gasteiger partial charge in [-0.05, 0) is 30.5 Å². The molecule has 7 heteroatoms. The monoisotopic (exact) mass is 407 g/mol. The molecule has 0 unspecified atom stereocenters. The summed E-state index contributed by atoms with van der Waals surface area (Å²) in [5.74, 6) is 1.20. The summed E-state index contributed by atoms with van der Waals surface area (Å²) in [6, 6.07) is 14.3. The first-order valence-corrected chi connectivity index (χ1v) is 11.1. The molecular weight excluding hydrogens is 382 g/mol. The first-order valence-electron chi connectivity index (χ1n) is 10.1. The van der Waals surface area contributed by atoms with Crippen LogP contribution in [0, 0.1) is 0 Å². The lowest BCUT2D eigenvalue weighted by Crippen LogP contribution is -2.25. The van der Waals surface area contributed by atoms with Gasteiger partial charge in [-0.15, -0.1) is 10.2 Å². The van der Waals surface area contributed by atoms with Gasteiger partial charge in [-0.3, -0.25) is 14.3 Å². The van der Waals surface area contributed by atoms with Crippen molar-refractivity contribution in [3.8, 4) is 11.4 Å². The quantitative estimate of drug-likeness (QED) is 0.593. The average Bonchev–Trinajstić information content (AvgIpc) is 3.22. The van der Waals surface area contributed by atoms with Crippen molar-refractivity contribution in [1.29, 1.82) is 0 Å². The van der Waals surface area contributed by atoms with Gasteiger partial charge in [0.05, 0.1) is 5.75 Å². The minimum absolute atomic E-state index is 0.00232. The molecule has 4 rings (SSSR count). The Kier molecular flexibility index (Phi) is 6.56. The molecule has 0 bridgehead atoms. The number of nitrogens with one attached hydrogen (secondary N) is 1. The summed E-state index contributed by atoms with van der Waals surface area (Å²) >= 11 is 1.46. The van der Waals surface area contributed by atoms with Crippen LogP contribution in [0.4, 0.5) is 0 Å². The molecule has 29 heavy (non-hydrogen) atoms. The Labute approximate surface area is 175 Å². The zero-order valence-electron chi connectivity index (χ0n) is 16.3. The van der Waals surface area contributed by atoms with Crippen LogP contribution in [-0.2, 0) is 11.3 Å². The molecule has 3 aromatic rings. The fraction of sp³-hybridized carbons (Fsp3) is 0.364. The summed E-state index contributed by atoms with van der Waals surface area (Å²) in [6.07, 6.45) is 9.54. The number of carbonyl (C=O) groups excluding carboxylic acids is 1. The topological polar surface area (TPSA) is 72.7 Å². The zero-order chi connectivity index (χ0) is 19.9. The summed E-state index contributed by atoms with van der Waals surface area (Å²) in [5.41, 5.74) is 2.11. The highest BCUT2D eigenvalue weighted by atomic mass is 32.2. The fourth-order valence-corrected chi connectivity index (χ4v) is 4.55. The van der Waals surface area contributed by atoms with Crippen LogP contribution in [-0.4, -0.2) is 31.4 Å². The number of thioether (sulfide) groups is 1. The second kappa shape index (κ2) is 9.69. The first kappa shape index (κ1) is 19.6. The van der Waals surface area contributed by atoms with Crippen LogP contribution in [0.1, 0.15) is 43.7 Å². The van der Waals surface area contributed by atoms with Gasteiger partial charge in [0, 0.05) is 30.5 Å². The van der Waals surface area contributed by atoms with Crippen LogP contribution >= 0.6 is 11.8 Å². The Hall–Kier alpha value is -2.67. The van der Waals surface area contributed by atoms with Crippen molar-refractivity contribution >= 4 is 17.7 Å². The Morgan fingerprint density at radius 3 is 2.55 bits per heavy atom. The van der Waals surface area contributed by atoms with Gasteiger partial charge in [-0.2, -0.15) is 0 Å². The molecule has 0 atom stereocenters. The number of aromatic nitrogens is 4. The summed E-state index contributed by atoms with van der Waals surface area (Å²) < 4.78 is 2.24. The maximum atomic E-state index is 12.4. The van der Waals surface area contributed by atoms with Crippen LogP contribution in [0.5, 0.6) is 0 Å². The van der Waals surface area contributed by atoms with Crippen molar-refractivity contribution < 1.29 is 4.79 Å². The molecular formula is C22H25N5OS. The Morgan fingerprint density at radius 2 is 1.79 bits per heavy atom. The predicted molar refractivity (Wildman–Crippen MR) is 114 cm³/mol. The maximum absolute atomic E-state index is 12.4. The lowest BCUT2D eigenvalue weighted by Gasteiger charge is -2.25. The van der Waals surface area contributed by atoms with E-state index in [1.54, 1.807) is 12.4 Å². The van der Waals surface area contributed by atoms with E-state index in [0.29, 0.717) is 18.3 Å². The third-order valence-electron chi connectivity index (χ3n) is 5.21. The van der Waals surface area contributed by atoms with Crippen LogP contribution in [0.25, 0.3) is 11.4 Å². The first-order chi connectivity index (χ1) is 14.3. The van der Waals surface area contributed by atoms with Crippen molar-refractivity contribution in [3.05, 3.63) is 60.4 Å². The molecule has 1 aliphatic rings. The highest BCUT2D eigenvalue weighted by Gasteiger charge is 2.24. The Balaban J connectivity index is 1.46. The zero-order valence-corrected chi connectivity index (χ0v) is 17.1. The normalized spacial score (nSPS) is 14.6. The maximum Gasteiger partial charge on any atom is 0.230 e. The van der Waals surface area contributed by atoms with Gasteiger partial charge in [-0.1, -0.05) is 61.4 Å². The molecule has 6 nitrogen and oxygen atoms in total. The Morgan fingerprint density at radius 1 is 1.03 bits per heavy atom. The van der Waals surface area contributed by atoms with Crippen molar-refractivity contribution in [2.24, 2.45) is 0 Å². The number of rotatable bonds is 7. The van der Waals surface area contributed by atoms with E-state index in [1.165, 1.54) is 31.0 Å². The van der Waals surface area contributed by atoms with E-state index < -0.39 is 0 Å². The second-order valence-corrected chi connectivity index (χ2v) is 8.20. The minimum atomic E-state index is 0.00232. The van der Waals surface area contributed by atoms with Crippen molar-refractivity contribution in [2.45, 2.75) is 49.8 Å². The average molecular weight is 408 g/mol. The highest BCUT2D eigenvalue weighted by Crippen LogP contribution is 2.35. The molecule has 0 saturated heterocycles. The molecule has 1 aliphatic carbocycles. The van der Waals surface area contributed by atoms with Crippen molar-refractivity contribution in [3.63, 3.8) is 0 Å². The Bertz CT molecular complexity index is 923. The lowest BCUT2D eigenvalue weighted by molar-refractivity contribution is -0.118. The molecule has 1 amide bonds. The molecule has 1 fully saturated rings. The fourth-order valence-electron chi connectivity index (χ4n) is 3.72. The van der Waals surface area contributed by atoms with E-state index in [4.69, 9.17) is 0 Å². The van der Waals surface area contributed by atoms with E-state index in [0.717, 1.165) is 34.9 Å². The molecule has 150 valence electrons. The number of hydrogen-bond donors (Lipinski definition) is 1. The molecule has 0 radical (unpaired) electrons. The summed E-state index contributed by atoms with van der Waals surface area (Å²) in [6.45, 7) is 0.539. The molecule has 1 N–H and O–H groups in total. The molecule has 0 aliphatic heterocycles. The van der Waals surface area contributed by atoms with Crippen LogP contribution in [0.2, 0.25) is 0 Å². The number of benzene rings is 1. The van der Waals surface area contributed by atoms with Gasteiger partial charge in [0.2, 0.25) is 5.91 Å². The highest BCUT2D eigenvalue weighted by molar-refractivity contribution is 7.99. The van der Waals surface area contributed by atoms with E-state index >= 15 is 0 Å². The van der Waals surface area contributed by atoms with Gasteiger partial charge in [-0.25, -0.2) is 0 Å². The van der Waals surface area contributed by atoms with Gasteiger partial charge in [0.1, 0.15) is 0 Å². The number of nitrogens with zero attached hydrogens (tertiary/aromatic N) is 4. The van der Waals surface area contributed by atoms with Crippen LogP contribution < -0.4 is 5.32 Å². The van der Waals surface area contributed by atoms with Crippen molar-refractivity contribution in [1.82, 2.24) is 25.1 Å². The molecule has 2 aromatic heterocycles. The second-order valence-electron chi connectivity index (χ2n) is 7.25.